The van der Waals surface area contributed by atoms with Crippen LogP contribution in [-0.2, 0) is 25.8 Å². The van der Waals surface area contributed by atoms with Crippen LogP contribution in [0.5, 0.6) is 0 Å². The van der Waals surface area contributed by atoms with E-state index in [-0.39, 0.29) is 28.9 Å². The van der Waals surface area contributed by atoms with Gasteiger partial charge < -0.3 is 21.0 Å². The molecule has 5 rings (SSSR count). The summed E-state index contributed by atoms with van der Waals surface area (Å²) in [6, 6.07) is 2.58. The van der Waals surface area contributed by atoms with Crippen LogP contribution in [0, 0.1) is 0 Å². The molecular weight excluding hydrogens is 500 g/mol. The van der Waals surface area contributed by atoms with E-state index in [0.29, 0.717) is 17.0 Å². The largest absolute Gasteiger partial charge is 0.477 e. The number of nitrogens with zero attached hydrogens (tertiary/aromatic N) is 8. The van der Waals surface area contributed by atoms with Gasteiger partial charge in [-0.1, -0.05) is 10.3 Å². The second kappa shape index (κ2) is 8.91. The number of carboxylic acids is 1. The van der Waals surface area contributed by atoms with Crippen molar-refractivity contribution in [2.75, 3.05) is 18.6 Å². The molecule has 5 heterocycles. The third-order valence-electron chi connectivity index (χ3n) is 5.26. The number of oxime groups is 1. The van der Waals surface area contributed by atoms with Crippen molar-refractivity contribution in [1.82, 2.24) is 34.4 Å². The standard InChI is InChI=1S/C18H16N10O5S2/c1-33-24-10(13-23-18(19)35-25-13)14(29)22-11-15(30)27-12(17(31)32)8(6-34-16(11)27)5-26-7-21-28-9(26)3-2-4-20-28/h2-4,7,11,16H,5-6H2,1H3,(H3-,19,22,23,25,29,31,32)/p+1/b24-10-/t11?,16-/m1/s1. The highest BCUT2D eigenvalue weighted by Gasteiger charge is 2.54. The van der Waals surface area contributed by atoms with E-state index >= 15 is 0 Å². The molecule has 2 aliphatic heterocycles. The maximum absolute atomic E-state index is 13.0. The number of rotatable bonds is 7. The van der Waals surface area contributed by atoms with E-state index in [1.54, 1.807) is 29.2 Å². The van der Waals surface area contributed by atoms with Crippen LogP contribution in [0.3, 0.4) is 0 Å². The number of carbonyl (C=O) groups is 3. The number of hydrogen-bond acceptors (Lipinski definition) is 12. The third kappa shape index (κ3) is 3.93. The third-order valence-corrected chi connectivity index (χ3v) is 7.14. The fraction of sp³-hybridized carbons (Fsp3) is 0.278. The molecule has 2 aliphatic rings. The maximum atomic E-state index is 13.0. The lowest BCUT2D eigenvalue weighted by molar-refractivity contribution is -0.664. The number of carbonyl (C=O) groups excluding carboxylic acids is 2. The Kier molecular flexibility index (Phi) is 5.77. The van der Waals surface area contributed by atoms with Crippen LogP contribution in [0.2, 0.25) is 0 Å². The van der Waals surface area contributed by atoms with Crippen molar-refractivity contribution in [2.45, 2.75) is 18.0 Å². The summed E-state index contributed by atoms with van der Waals surface area (Å²) in [5, 5.41) is 23.9. The van der Waals surface area contributed by atoms with Crippen molar-refractivity contribution in [3.8, 4) is 0 Å². The second-order valence-electron chi connectivity index (χ2n) is 7.33. The van der Waals surface area contributed by atoms with Crippen molar-refractivity contribution in [3.63, 3.8) is 0 Å². The van der Waals surface area contributed by atoms with Crippen molar-refractivity contribution < 1.29 is 28.9 Å². The predicted molar refractivity (Wildman–Crippen MR) is 121 cm³/mol. The number of nitrogen functional groups attached to an aromatic ring is 1. The first-order chi connectivity index (χ1) is 16.9. The summed E-state index contributed by atoms with van der Waals surface area (Å²) in [5.74, 6) is -2.25. The Labute approximate surface area is 204 Å². The number of aromatic nitrogens is 6. The molecule has 0 spiro atoms. The molecule has 3 aromatic heterocycles. The maximum Gasteiger partial charge on any atom is 0.352 e. The van der Waals surface area contributed by atoms with E-state index in [4.69, 9.17) is 10.6 Å². The fourth-order valence-electron chi connectivity index (χ4n) is 3.77. The van der Waals surface area contributed by atoms with E-state index in [1.807, 2.05) is 0 Å². The average molecular weight is 518 g/mol. The molecular formula is C18H17N10O5S2+. The smallest absolute Gasteiger partial charge is 0.352 e. The molecule has 0 aromatic carbocycles. The first-order valence-corrected chi connectivity index (χ1v) is 11.8. The summed E-state index contributed by atoms with van der Waals surface area (Å²) < 4.78 is 7.11. The van der Waals surface area contributed by atoms with Gasteiger partial charge in [0, 0.05) is 33.6 Å². The number of nitrogens with one attached hydrogen (secondary N) is 1. The minimum absolute atomic E-state index is 0.0416. The second-order valence-corrected chi connectivity index (χ2v) is 9.22. The van der Waals surface area contributed by atoms with E-state index in [0.717, 1.165) is 11.5 Å². The summed E-state index contributed by atoms with van der Waals surface area (Å²) in [6.45, 7) is 0.207. The number of carboxylic acid groups (broad SMARTS) is 1. The molecule has 35 heavy (non-hydrogen) atoms. The highest BCUT2D eigenvalue weighted by molar-refractivity contribution is 8.00. The lowest BCUT2D eigenvalue weighted by Gasteiger charge is -2.49. The van der Waals surface area contributed by atoms with Crippen LogP contribution in [0.1, 0.15) is 5.82 Å². The molecule has 180 valence electrons. The minimum atomic E-state index is -1.23. The number of nitrogens with two attached hydrogens (primary N) is 1. The van der Waals surface area contributed by atoms with Gasteiger partial charge in [0.2, 0.25) is 11.5 Å². The topological polar surface area (TPSA) is 194 Å². The molecule has 4 N–H and O–H groups in total. The summed E-state index contributed by atoms with van der Waals surface area (Å²) in [5.41, 5.74) is 6.41. The highest BCUT2D eigenvalue weighted by Crippen LogP contribution is 2.40. The number of amides is 2. The van der Waals surface area contributed by atoms with Crippen molar-refractivity contribution in [1.29, 1.82) is 0 Å². The average Bonchev–Trinajstić information content (AvgIpc) is 3.46. The number of anilines is 1. The zero-order valence-electron chi connectivity index (χ0n) is 17.9. The first kappa shape index (κ1) is 22.7. The molecule has 17 heteroatoms. The highest BCUT2D eigenvalue weighted by atomic mass is 32.2. The van der Waals surface area contributed by atoms with Gasteiger partial charge in [-0.3, -0.25) is 14.5 Å². The Balaban J connectivity index is 1.37. The van der Waals surface area contributed by atoms with Crippen LogP contribution < -0.4 is 15.6 Å². The minimum Gasteiger partial charge on any atom is -0.477 e. The molecule has 1 saturated heterocycles. The Morgan fingerprint density at radius 2 is 2.26 bits per heavy atom. The summed E-state index contributed by atoms with van der Waals surface area (Å²) >= 11 is 2.22. The summed E-state index contributed by atoms with van der Waals surface area (Å²) in [4.78, 5) is 47.8. The number of fused-ring (bicyclic) bond motifs is 2. The lowest BCUT2D eigenvalue weighted by atomic mass is 10.0. The monoisotopic (exact) mass is 517 g/mol. The molecule has 0 radical (unpaired) electrons. The Hall–Kier alpha value is -4.12. The van der Waals surface area contributed by atoms with E-state index in [2.05, 4.69) is 30.0 Å². The Morgan fingerprint density at radius 3 is 2.97 bits per heavy atom. The van der Waals surface area contributed by atoms with E-state index < -0.39 is 29.2 Å². The van der Waals surface area contributed by atoms with Gasteiger partial charge in [0.25, 0.3) is 23.8 Å². The van der Waals surface area contributed by atoms with Crippen molar-refractivity contribution in [3.05, 3.63) is 41.8 Å². The van der Waals surface area contributed by atoms with Gasteiger partial charge in [0.05, 0.1) is 17.8 Å². The van der Waals surface area contributed by atoms with E-state index in [1.165, 1.54) is 28.4 Å². The molecule has 0 aliphatic carbocycles. The Morgan fingerprint density at radius 1 is 1.43 bits per heavy atom. The molecule has 0 bridgehead atoms. The van der Waals surface area contributed by atoms with Gasteiger partial charge in [0.15, 0.2) is 5.13 Å². The Bertz CT molecular complexity index is 1420. The summed E-state index contributed by atoms with van der Waals surface area (Å²) in [7, 11) is 1.25. The van der Waals surface area contributed by atoms with Gasteiger partial charge in [-0.25, -0.2) is 9.36 Å². The van der Waals surface area contributed by atoms with Gasteiger partial charge >= 0.3 is 5.97 Å². The molecule has 1 fully saturated rings. The molecule has 3 aromatic rings. The normalized spacial score (nSPS) is 20.0. The summed E-state index contributed by atoms with van der Waals surface area (Å²) in [6.07, 6.45) is 3.13. The van der Waals surface area contributed by atoms with Gasteiger partial charge in [-0.2, -0.15) is 9.36 Å². The number of thioether (sulfide) groups is 1. The SMILES string of the molecule is CO/N=C(\C(=O)NC1C(=O)N2C(C(=O)O)=C(C[n+]3cnn4ncccc43)CS[C@H]12)c1nsc(N)n1. The molecule has 2 atom stereocenters. The van der Waals surface area contributed by atoms with Crippen LogP contribution in [0.25, 0.3) is 5.65 Å². The van der Waals surface area contributed by atoms with Crippen LogP contribution >= 0.6 is 23.3 Å². The van der Waals surface area contributed by atoms with E-state index in [9.17, 15) is 19.5 Å². The molecule has 15 nitrogen and oxygen atoms in total. The lowest BCUT2D eigenvalue weighted by Crippen LogP contribution is -2.71. The van der Waals surface area contributed by atoms with Crippen LogP contribution in [0.4, 0.5) is 5.13 Å². The van der Waals surface area contributed by atoms with Gasteiger partial charge in [-0.15, -0.1) is 11.8 Å². The number of aliphatic carboxylic acids is 1. The number of β-lactam (4-membered cyclic amide) rings is 1. The van der Waals surface area contributed by atoms with Gasteiger partial charge in [-0.05, 0) is 6.07 Å². The molecule has 0 saturated carbocycles. The predicted octanol–water partition coefficient (Wildman–Crippen LogP) is -1.76. The zero-order valence-corrected chi connectivity index (χ0v) is 19.6. The van der Waals surface area contributed by atoms with Gasteiger partial charge in [0.1, 0.15) is 24.2 Å². The number of hydrogen-bond donors (Lipinski definition) is 3. The van der Waals surface area contributed by atoms with Crippen LogP contribution in [0.15, 0.2) is 41.1 Å². The van der Waals surface area contributed by atoms with Crippen molar-refractivity contribution in [2.24, 2.45) is 5.16 Å². The molecule has 2 amide bonds. The first-order valence-electron chi connectivity index (χ1n) is 9.99. The zero-order chi connectivity index (χ0) is 24.7. The quantitative estimate of drug-likeness (QED) is 0.139. The van der Waals surface area contributed by atoms with Crippen molar-refractivity contribution >= 4 is 57.6 Å². The van der Waals surface area contributed by atoms with Crippen LogP contribution in [-0.4, -0.2) is 82.0 Å². The fourth-order valence-corrected chi connectivity index (χ4v) is 5.54. The molecule has 1 unspecified atom stereocenters.